The van der Waals surface area contributed by atoms with Crippen molar-refractivity contribution in [3.63, 3.8) is 0 Å². The molecule has 2 aliphatic heterocycles. The van der Waals surface area contributed by atoms with E-state index in [1.54, 1.807) is 4.90 Å². The minimum absolute atomic E-state index is 0.147. The molecule has 1 aromatic carbocycles. The zero-order valence-electron chi connectivity index (χ0n) is 12.2. The van der Waals surface area contributed by atoms with Crippen LogP contribution in [0.4, 0.5) is 15.3 Å². The van der Waals surface area contributed by atoms with Gasteiger partial charge in [-0.2, -0.15) is 0 Å². The van der Waals surface area contributed by atoms with Crippen LogP contribution in [0.2, 0.25) is 0 Å². The van der Waals surface area contributed by atoms with E-state index in [0.29, 0.717) is 0 Å². The van der Waals surface area contributed by atoms with E-state index < -0.39 is 16.5 Å². The van der Waals surface area contributed by atoms with E-state index in [-0.39, 0.29) is 30.0 Å². The molecule has 4 amide bonds. The summed E-state index contributed by atoms with van der Waals surface area (Å²) in [6.45, 7) is 0.428. The van der Waals surface area contributed by atoms with Gasteiger partial charge in [-0.1, -0.05) is 27.7 Å². The second-order valence-electron chi connectivity index (χ2n) is 5.02. The molecule has 7 nitrogen and oxygen atoms in total. The van der Waals surface area contributed by atoms with Gasteiger partial charge in [-0.3, -0.25) is 29.4 Å². The highest BCUT2D eigenvalue weighted by Crippen LogP contribution is 2.29. The molecule has 1 aromatic rings. The zero-order chi connectivity index (χ0) is 17.3. The molecule has 24 heavy (non-hydrogen) atoms. The van der Waals surface area contributed by atoms with Gasteiger partial charge in [0.2, 0.25) is 5.91 Å². The summed E-state index contributed by atoms with van der Waals surface area (Å²) in [6, 6.07) is 7.26. The number of hydrogen-bond donors (Lipinski definition) is 1. The Morgan fingerprint density at radius 1 is 1.21 bits per heavy atom. The van der Waals surface area contributed by atoms with E-state index >= 15 is 0 Å². The van der Waals surface area contributed by atoms with Crippen molar-refractivity contribution in [1.82, 2.24) is 10.2 Å². The standard InChI is InChI=1S/C14H12BrN3O4S2/c15-8-1-3-9(4-2-8)17(12-11(20)16-13(21)24-12)5-6-18-10(19)7-23-14(18)22/h1-4,12H,5-7H2,(H,16,20,21)/t12-/m1/s1. The maximum absolute atomic E-state index is 12.0. The van der Waals surface area contributed by atoms with E-state index in [4.69, 9.17) is 0 Å². The average Bonchev–Trinajstić information content (AvgIpc) is 3.04. The number of nitrogens with one attached hydrogen (secondary N) is 1. The third-order valence-corrected chi connectivity index (χ3v) is 5.91. The number of hydrogen-bond acceptors (Lipinski definition) is 7. The Morgan fingerprint density at radius 2 is 1.92 bits per heavy atom. The highest BCUT2D eigenvalue weighted by atomic mass is 79.9. The molecule has 0 saturated carbocycles. The lowest BCUT2D eigenvalue weighted by Crippen LogP contribution is -2.44. The largest absolute Gasteiger partial charge is 0.349 e. The number of carbonyl (C=O) groups excluding carboxylic acids is 4. The molecule has 0 aromatic heterocycles. The molecule has 2 saturated heterocycles. The monoisotopic (exact) mass is 429 g/mol. The van der Waals surface area contributed by atoms with Crippen LogP contribution in [0.15, 0.2) is 28.7 Å². The number of carbonyl (C=O) groups is 4. The molecule has 1 atom stereocenters. The first-order valence-corrected chi connectivity index (χ1v) is 9.62. The predicted octanol–water partition coefficient (Wildman–Crippen LogP) is 2.26. The van der Waals surface area contributed by atoms with Gasteiger partial charge in [0.25, 0.3) is 16.4 Å². The van der Waals surface area contributed by atoms with Crippen LogP contribution in [0, 0.1) is 0 Å². The third-order valence-electron chi connectivity index (χ3n) is 3.51. The summed E-state index contributed by atoms with van der Waals surface area (Å²) in [5.41, 5.74) is 0.729. The fraction of sp³-hybridized carbons (Fsp3) is 0.286. The van der Waals surface area contributed by atoms with E-state index in [1.165, 1.54) is 4.90 Å². The van der Waals surface area contributed by atoms with Crippen molar-refractivity contribution >= 4 is 67.4 Å². The number of nitrogens with zero attached hydrogens (tertiary/aromatic N) is 2. The van der Waals surface area contributed by atoms with Gasteiger partial charge in [0.15, 0.2) is 5.37 Å². The van der Waals surface area contributed by atoms with Gasteiger partial charge >= 0.3 is 0 Å². The Hall–Kier alpha value is -1.52. The molecule has 2 aliphatic rings. The van der Waals surface area contributed by atoms with Crippen LogP contribution in [-0.2, 0) is 9.59 Å². The van der Waals surface area contributed by atoms with Crippen molar-refractivity contribution in [2.45, 2.75) is 5.37 Å². The van der Waals surface area contributed by atoms with Crippen LogP contribution >= 0.6 is 39.5 Å². The average molecular weight is 430 g/mol. The first-order valence-electron chi connectivity index (χ1n) is 6.96. The number of rotatable bonds is 5. The van der Waals surface area contributed by atoms with Crippen LogP contribution in [0.3, 0.4) is 0 Å². The SMILES string of the molecule is O=C1NC(=O)[C@H](N(CCN2C(=O)CSC2=O)c2ccc(Br)cc2)S1. The molecule has 0 spiro atoms. The van der Waals surface area contributed by atoms with Crippen molar-refractivity contribution in [1.29, 1.82) is 0 Å². The predicted molar refractivity (Wildman–Crippen MR) is 96.0 cm³/mol. The van der Waals surface area contributed by atoms with Gasteiger partial charge in [-0.05, 0) is 36.0 Å². The first kappa shape index (κ1) is 17.3. The fourth-order valence-electron chi connectivity index (χ4n) is 2.37. The summed E-state index contributed by atoms with van der Waals surface area (Å²) < 4.78 is 0.882. The quantitative estimate of drug-likeness (QED) is 0.767. The lowest BCUT2D eigenvalue weighted by Gasteiger charge is -2.29. The maximum Gasteiger partial charge on any atom is 0.288 e. The molecule has 0 unspecified atom stereocenters. The molecule has 2 heterocycles. The second-order valence-corrected chi connectivity index (χ2v) is 7.91. The molecule has 0 radical (unpaired) electrons. The minimum Gasteiger partial charge on any atom is -0.349 e. The Balaban J connectivity index is 1.80. The molecular formula is C14H12BrN3O4S2. The van der Waals surface area contributed by atoms with Crippen LogP contribution in [0.1, 0.15) is 0 Å². The van der Waals surface area contributed by atoms with E-state index in [2.05, 4.69) is 21.2 Å². The van der Waals surface area contributed by atoms with E-state index in [9.17, 15) is 19.2 Å². The van der Waals surface area contributed by atoms with Crippen molar-refractivity contribution < 1.29 is 19.2 Å². The van der Waals surface area contributed by atoms with Gasteiger partial charge < -0.3 is 4.90 Å². The summed E-state index contributed by atoms with van der Waals surface area (Å²) in [5, 5.41) is 0.845. The van der Waals surface area contributed by atoms with E-state index in [1.807, 2.05) is 24.3 Å². The van der Waals surface area contributed by atoms with Crippen molar-refractivity contribution in [2.75, 3.05) is 23.7 Å². The van der Waals surface area contributed by atoms with Crippen LogP contribution in [-0.4, -0.2) is 51.4 Å². The van der Waals surface area contributed by atoms with Gasteiger partial charge in [0.05, 0.1) is 5.75 Å². The second kappa shape index (κ2) is 7.16. The van der Waals surface area contributed by atoms with Gasteiger partial charge in [0.1, 0.15) is 0 Å². The van der Waals surface area contributed by atoms with Crippen LogP contribution in [0.25, 0.3) is 0 Å². The number of imide groups is 2. The summed E-state index contributed by atoms with van der Waals surface area (Å²) >= 11 is 5.21. The zero-order valence-corrected chi connectivity index (χ0v) is 15.4. The third kappa shape index (κ3) is 3.60. The highest BCUT2D eigenvalue weighted by molar-refractivity contribution is 9.10. The normalized spacial score (nSPS) is 20.7. The van der Waals surface area contributed by atoms with E-state index in [0.717, 1.165) is 33.7 Å². The van der Waals surface area contributed by atoms with Crippen LogP contribution < -0.4 is 10.2 Å². The summed E-state index contributed by atoms with van der Waals surface area (Å²) in [6.07, 6.45) is 0. The number of benzene rings is 1. The summed E-state index contributed by atoms with van der Waals surface area (Å²) in [5.74, 6) is -0.490. The van der Waals surface area contributed by atoms with Crippen molar-refractivity contribution in [3.05, 3.63) is 28.7 Å². The Morgan fingerprint density at radius 3 is 2.46 bits per heavy atom. The molecule has 1 N–H and O–H groups in total. The lowest BCUT2D eigenvalue weighted by atomic mass is 10.2. The number of amides is 4. The Bertz CT molecular complexity index is 696. The Labute approximate surface area is 154 Å². The number of anilines is 1. The van der Waals surface area contributed by atoms with Gasteiger partial charge in [0, 0.05) is 23.2 Å². The molecule has 0 bridgehead atoms. The molecule has 0 aliphatic carbocycles. The highest BCUT2D eigenvalue weighted by Gasteiger charge is 2.38. The molecular weight excluding hydrogens is 418 g/mol. The smallest absolute Gasteiger partial charge is 0.288 e. The molecule has 3 rings (SSSR count). The number of thioether (sulfide) groups is 2. The van der Waals surface area contributed by atoms with Crippen molar-refractivity contribution in [2.24, 2.45) is 0 Å². The topological polar surface area (TPSA) is 86.8 Å². The number of halogens is 1. The maximum atomic E-state index is 12.0. The minimum atomic E-state index is -0.723. The fourth-order valence-corrected chi connectivity index (χ4v) is 4.27. The molecule has 2 fully saturated rings. The Kier molecular flexibility index (Phi) is 5.16. The van der Waals surface area contributed by atoms with Gasteiger partial charge in [-0.15, -0.1) is 0 Å². The van der Waals surface area contributed by atoms with Crippen LogP contribution in [0.5, 0.6) is 0 Å². The lowest BCUT2D eigenvalue weighted by molar-refractivity contribution is -0.124. The molecule has 126 valence electrons. The summed E-state index contributed by atoms with van der Waals surface area (Å²) in [7, 11) is 0. The first-order chi connectivity index (χ1) is 11.5. The summed E-state index contributed by atoms with van der Waals surface area (Å²) in [4.78, 5) is 49.9. The molecule has 10 heteroatoms. The van der Waals surface area contributed by atoms with Crippen molar-refractivity contribution in [3.8, 4) is 0 Å². The van der Waals surface area contributed by atoms with Gasteiger partial charge in [-0.25, -0.2) is 0 Å².